The van der Waals surface area contributed by atoms with Crippen molar-refractivity contribution in [2.24, 2.45) is 0 Å². The third-order valence-corrected chi connectivity index (χ3v) is 3.05. The van der Waals surface area contributed by atoms with Crippen molar-refractivity contribution < 1.29 is 14.6 Å². The normalized spacial score (nSPS) is 10.4. The Morgan fingerprint density at radius 2 is 2.00 bits per heavy atom. The van der Waals surface area contributed by atoms with Crippen LogP contribution < -0.4 is 9.47 Å². The highest BCUT2D eigenvalue weighted by molar-refractivity contribution is 7.18. The number of hydrogen-bond donors (Lipinski definition) is 1. The Hall–Kier alpha value is -1.42. The van der Waals surface area contributed by atoms with E-state index in [1.54, 1.807) is 25.7 Å². The maximum atomic E-state index is 9.51. The molecule has 0 fully saturated rings. The Balaban J connectivity index is 2.77. The fourth-order valence-electron chi connectivity index (χ4n) is 1.40. The van der Waals surface area contributed by atoms with Crippen molar-refractivity contribution in [1.29, 1.82) is 0 Å². The molecule has 2 aromatic rings. The van der Waals surface area contributed by atoms with Crippen LogP contribution in [0.15, 0.2) is 17.5 Å². The molecule has 0 aliphatic rings. The van der Waals surface area contributed by atoms with Crippen molar-refractivity contribution in [3.05, 3.63) is 17.5 Å². The second-order valence-electron chi connectivity index (χ2n) is 2.80. The summed E-state index contributed by atoms with van der Waals surface area (Å²) in [6.07, 6.45) is 0. The highest BCUT2D eigenvalue weighted by Gasteiger charge is 2.12. The second-order valence-corrected chi connectivity index (χ2v) is 3.68. The molecule has 1 heterocycles. The molecule has 1 aromatic heterocycles. The Labute approximate surface area is 85.5 Å². The summed E-state index contributed by atoms with van der Waals surface area (Å²) in [5.74, 6) is 1.64. The van der Waals surface area contributed by atoms with Gasteiger partial charge in [-0.3, -0.25) is 0 Å². The topological polar surface area (TPSA) is 38.7 Å². The molecule has 0 atom stereocenters. The van der Waals surface area contributed by atoms with Gasteiger partial charge in [0.1, 0.15) is 5.75 Å². The summed E-state index contributed by atoms with van der Waals surface area (Å²) in [5.41, 5.74) is 0. The zero-order chi connectivity index (χ0) is 10.1. The lowest BCUT2D eigenvalue weighted by Gasteiger charge is -2.07. The number of thiophene rings is 1. The van der Waals surface area contributed by atoms with E-state index in [1.165, 1.54) is 11.3 Å². The van der Waals surface area contributed by atoms with Gasteiger partial charge in [-0.1, -0.05) is 0 Å². The molecular weight excluding hydrogens is 200 g/mol. The van der Waals surface area contributed by atoms with Gasteiger partial charge in [-0.25, -0.2) is 0 Å². The van der Waals surface area contributed by atoms with Gasteiger partial charge >= 0.3 is 0 Å². The predicted octanol–water partition coefficient (Wildman–Crippen LogP) is 2.62. The van der Waals surface area contributed by atoms with Crippen LogP contribution in [0.25, 0.3) is 10.1 Å². The largest absolute Gasteiger partial charge is 0.506 e. The molecule has 2 rings (SSSR count). The Bertz CT molecular complexity index is 462. The van der Waals surface area contributed by atoms with Crippen LogP contribution in [0, 0.1) is 0 Å². The number of benzene rings is 1. The molecule has 74 valence electrons. The van der Waals surface area contributed by atoms with E-state index in [0.717, 1.165) is 10.1 Å². The number of aromatic hydroxyl groups is 1. The van der Waals surface area contributed by atoms with E-state index in [-0.39, 0.29) is 5.75 Å². The van der Waals surface area contributed by atoms with Gasteiger partial charge in [0, 0.05) is 10.8 Å². The molecule has 0 amide bonds. The predicted molar refractivity (Wildman–Crippen MR) is 56.6 cm³/mol. The SMILES string of the molecule is COc1ccc2c(O)csc2c1OC. The highest BCUT2D eigenvalue weighted by Crippen LogP contribution is 2.42. The summed E-state index contributed by atoms with van der Waals surface area (Å²) >= 11 is 1.44. The van der Waals surface area contributed by atoms with Crippen molar-refractivity contribution in [2.45, 2.75) is 0 Å². The second kappa shape index (κ2) is 3.38. The van der Waals surface area contributed by atoms with Crippen LogP contribution >= 0.6 is 11.3 Å². The van der Waals surface area contributed by atoms with E-state index < -0.39 is 0 Å². The van der Waals surface area contributed by atoms with Crippen molar-refractivity contribution in [2.75, 3.05) is 14.2 Å². The minimum Gasteiger partial charge on any atom is -0.506 e. The van der Waals surface area contributed by atoms with Crippen LogP contribution in [0.2, 0.25) is 0 Å². The summed E-state index contributed by atoms with van der Waals surface area (Å²) in [6.45, 7) is 0. The van der Waals surface area contributed by atoms with E-state index in [1.807, 2.05) is 6.07 Å². The monoisotopic (exact) mass is 210 g/mol. The lowest BCUT2D eigenvalue weighted by atomic mass is 10.2. The van der Waals surface area contributed by atoms with Gasteiger partial charge in [0.15, 0.2) is 11.5 Å². The van der Waals surface area contributed by atoms with Gasteiger partial charge in [0.25, 0.3) is 0 Å². The van der Waals surface area contributed by atoms with Crippen molar-refractivity contribution >= 4 is 21.4 Å². The Kier molecular flexibility index (Phi) is 2.21. The van der Waals surface area contributed by atoms with Crippen LogP contribution in [0.1, 0.15) is 0 Å². The standard InChI is InChI=1S/C10H10O3S/c1-12-8-4-3-6-7(11)5-14-10(6)9(8)13-2/h3-5,11H,1-2H3. The fraction of sp³-hybridized carbons (Fsp3) is 0.200. The molecule has 0 aliphatic heterocycles. The smallest absolute Gasteiger partial charge is 0.178 e. The van der Waals surface area contributed by atoms with E-state index >= 15 is 0 Å². The molecule has 4 heteroatoms. The van der Waals surface area contributed by atoms with Gasteiger partial charge in [-0.05, 0) is 12.1 Å². The van der Waals surface area contributed by atoms with E-state index in [9.17, 15) is 5.11 Å². The average Bonchev–Trinajstić information content (AvgIpc) is 2.59. The van der Waals surface area contributed by atoms with Crippen LogP contribution in [-0.2, 0) is 0 Å². The van der Waals surface area contributed by atoms with E-state index in [4.69, 9.17) is 9.47 Å². The van der Waals surface area contributed by atoms with Crippen molar-refractivity contribution in [3.63, 3.8) is 0 Å². The molecule has 0 saturated heterocycles. The summed E-state index contributed by atoms with van der Waals surface area (Å²) in [7, 11) is 3.19. The average molecular weight is 210 g/mol. The molecule has 1 aromatic carbocycles. The molecule has 3 nitrogen and oxygen atoms in total. The first-order chi connectivity index (χ1) is 6.77. The number of rotatable bonds is 2. The summed E-state index contributed by atoms with van der Waals surface area (Å²) < 4.78 is 11.3. The first-order valence-electron chi connectivity index (χ1n) is 4.09. The maximum absolute atomic E-state index is 9.51. The number of ether oxygens (including phenoxy) is 2. The first-order valence-corrected chi connectivity index (χ1v) is 4.97. The van der Waals surface area contributed by atoms with Crippen LogP contribution in [0.3, 0.4) is 0 Å². The number of fused-ring (bicyclic) bond motifs is 1. The number of methoxy groups -OCH3 is 2. The molecule has 0 unspecified atom stereocenters. The molecule has 0 radical (unpaired) electrons. The molecule has 0 saturated carbocycles. The van der Waals surface area contributed by atoms with E-state index in [2.05, 4.69) is 0 Å². The minimum absolute atomic E-state index is 0.283. The quantitative estimate of drug-likeness (QED) is 0.828. The third kappa shape index (κ3) is 1.19. The van der Waals surface area contributed by atoms with Gasteiger partial charge in [-0.15, -0.1) is 11.3 Å². The summed E-state index contributed by atoms with van der Waals surface area (Å²) in [6, 6.07) is 3.61. The molecule has 0 aliphatic carbocycles. The first kappa shape index (κ1) is 9.15. The van der Waals surface area contributed by atoms with Crippen LogP contribution in [0.5, 0.6) is 17.2 Å². The van der Waals surface area contributed by atoms with Crippen LogP contribution in [0.4, 0.5) is 0 Å². The summed E-state index contributed by atoms with van der Waals surface area (Å²) in [5, 5.41) is 12.0. The molecule has 0 spiro atoms. The maximum Gasteiger partial charge on any atom is 0.178 e. The molecule has 14 heavy (non-hydrogen) atoms. The Morgan fingerprint density at radius 3 is 2.64 bits per heavy atom. The lowest BCUT2D eigenvalue weighted by molar-refractivity contribution is 0.359. The summed E-state index contributed by atoms with van der Waals surface area (Å²) in [4.78, 5) is 0. The minimum atomic E-state index is 0.283. The third-order valence-electron chi connectivity index (χ3n) is 2.06. The molecular formula is C10H10O3S. The van der Waals surface area contributed by atoms with Gasteiger partial charge < -0.3 is 14.6 Å². The highest BCUT2D eigenvalue weighted by atomic mass is 32.1. The molecule has 1 N–H and O–H groups in total. The van der Waals surface area contributed by atoms with Crippen molar-refractivity contribution in [1.82, 2.24) is 0 Å². The van der Waals surface area contributed by atoms with Crippen LogP contribution in [-0.4, -0.2) is 19.3 Å². The Morgan fingerprint density at radius 1 is 1.21 bits per heavy atom. The van der Waals surface area contributed by atoms with E-state index in [0.29, 0.717) is 11.5 Å². The van der Waals surface area contributed by atoms with Gasteiger partial charge in [-0.2, -0.15) is 0 Å². The zero-order valence-corrected chi connectivity index (χ0v) is 8.72. The number of hydrogen-bond acceptors (Lipinski definition) is 4. The van der Waals surface area contributed by atoms with Gasteiger partial charge in [0.2, 0.25) is 0 Å². The fourth-order valence-corrected chi connectivity index (χ4v) is 2.34. The lowest BCUT2D eigenvalue weighted by Crippen LogP contribution is -1.89. The van der Waals surface area contributed by atoms with Gasteiger partial charge in [0.05, 0.1) is 18.9 Å². The zero-order valence-electron chi connectivity index (χ0n) is 7.90. The molecule has 0 bridgehead atoms. The van der Waals surface area contributed by atoms with Crippen molar-refractivity contribution in [3.8, 4) is 17.2 Å².